The molecule has 0 aliphatic heterocycles. The lowest BCUT2D eigenvalue weighted by Crippen LogP contribution is -2.28. The Balaban J connectivity index is 1.84. The predicted molar refractivity (Wildman–Crippen MR) is 128 cm³/mol. The molecule has 5 rings (SSSR count). The molecule has 1 atom stereocenters. The highest BCUT2D eigenvalue weighted by Gasteiger charge is 2.41. The lowest BCUT2D eigenvalue weighted by Gasteiger charge is -2.26. The van der Waals surface area contributed by atoms with E-state index in [1.54, 1.807) is 67.2 Å². The van der Waals surface area contributed by atoms with Gasteiger partial charge in [-0.1, -0.05) is 35.9 Å². The summed E-state index contributed by atoms with van der Waals surface area (Å²) in [4.78, 5) is 21.4. The monoisotopic (exact) mass is 476 g/mol. The van der Waals surface area contributed by atoms with Gasteiger partial charge in [-0.05, 0) is 42.0 Å². The molecule has 3 aromatic heterocycles. The normalized spacial score (nSPS) is 13.2. The van der Waals surface area contributed by atoms with Gasteiger partial charge in [-0.3, -0.25) is 4.79 Å². The molecular formula is C26H19ClF2N4O. The minimum Gasteiger partial charge on any atom is -0.334 e. The van der Waals surface area contributed by atoms with Crippen LogP contribution in [0, 0.1) is 5.82 Å². The second-order valence-electron chi connectivity index (χ2n) is 8.08. The first-order chi connectivity index (χ1) is 16.3. The van der Waals surface area contributed by atoms with Crippen LogP contribution in [0.1, 0.15) is 17.0 Å². The number of benzene rings is 2. The van der Waals surface area contributed by atoms with E-state index in [1.807, 2.05) is 0 Å². The van der Waals surface area contributed by atoms with Crippen molar-refractivity contribution < 1.29 is 8.78 Å². The van der Waals surface area contributed by atoms with Crippen molar-refractivity contribution in [3.05, 3.63) is 117 Å². The van der Waals surface area contributed by atoms with Gasteiger partial charge in [-0.15, -0.1) is 0 Å². The van der Waals surface area contributed by atoms with Gasteiger partial charge in [-0.25, -0.2) is 18.7 Å². The highest BCUT2D eigenvalue weighted by Crippen LogP contribution is 2.41. The van der Waals surface area contributed by atoms with Crippen molar-refractivity contribution in [3.8, 4) is 11.1 Å². The Morgan fingerprint density at radius 3 is 2.44 bits per heavy atom. The largest absolute Gasteiger partial charge is 0.334 e. The molecule has 0 aliphatic carbocycles. The zero-order chi connectivity index (χ0) is 24.0. The number of hydrogen-bond acceptors (Lipinski definition) is 3. The zero-order valence-electron chi connectivity index (χ0n) is 18.3. The average molecular weight is 477 g/mol. The first kappa shape index (κ1) is 22.0. The fourth-order valence-corrected chi connectivity index (χ4v) is 4.32. The number of rotatable bonds is 4. The van der Waals surface area contributed by atoms with E-state index in [4.69, 9.17) is 16.6 Å². The number of imidazole rings is 1. The van der Waals surface area contributed by atoms with Crippen LogP contribution >= 0.6 is 11.6 Å². The molecule has 0 aliphatic rings. The van der Waals surface area contributed by atoms with Crippen LogP contribution in [0.25, 0.3) is 22.2 Å². The van der Waals surface area contributed by atoms with E-state index in [0.717, 1.165) is 0 Å². The average Bonchev–Trinajstić information content (AvgIpc) is 3.27. The summed E-state index contributed by atoms with van der Waals surface area (Å²) < 4.78 is 34.3. The third kappa shape index (κ3) is 3.49. The lowest BCUT2D eigenvalue weighted by molar-refractivity contribution is 0.260. The van der Waals surface area contributed by atoms with Gasteiger partial charge in [-0.2, -0.15) is 0 Å². The second kappa shape index (κ2) is 8.18. The predicted octanol–water partition coefficient (Wildman–Crippen LogP) is 5.39. The first-order valence-electron chi connectivity index (χ1n) is 10.5. The molecule has 0 N–H and O–H groups in total. The number of pyridine rings is 2. The minimum absolute atomic E-state index is 0.0993. The molecule has 1 unspecified atom stereocenters. The van der Waals surface area contributed by atoms with Gasteiger partial charge < -0.3 is 9.13 Å². The smallest absolute Gasteiger partial charge is 0.251 e. The summed E-state index contributed by atoms with van der Waals surface area (Å²) in [5, 5.41) is 0.478. The van der Waals surface area contributed by atoms with E-state index < -0.39 is 11.5 Å². The van der Waals surface area contributed by atoms with Crippen LogP contribution < -0.4 is 5.56 Å². The Hall–Kier alpha value is -3.84. The lowest BCUT2D eigenvalue weighted by atomic mass is 9.88. The van der Waals surface area contributed by atoms with Crippen molar-refractivity contribution >= 4 is 22.6 Å². The maximum atomic E-state index is 17.2. The molecule has 0 radical (unpaired) electrons. The number of alkyl halides is 1. The summed E-state index contributed by atoms with van der Waals surface area (Å²) in [7, 11) is 3.32. The van der Waals surface area contributed by atoms with E-state index in [1.165, 1.54) is 35.3 Å². The fourth-order valence-electron chi connectivity index (χ4n) is 4.19. The van der Waals surface area contributed by atoms with Crippen LogP contribution in [0.5, 0.6) is 0 Å². The van der Waals surface area contributed by atoms with Gasteiger partial charge in [0.15, 0.2) is 0 Å². The molecule has 0 fully saturated rings. The van der Waals surface area contributed by atoms with Crippen molar-refractivity contribution in [1.82, 2.24) is 19.1 Å². The van der Waals surface area contributed by atoms with Gasteiger partial charge >= 0.3 is 0 Å². The van der Waals surface area contributed by atoms with Gasteiger partial charge in [0.05, 0.1) is 34.9 Å². The highest BCUT2D eigenvalue weighted by molar-refractivity contribution is 6.30. The summed E-state index contributed by atoms with van der Waals surface area (Å²) in [6.07, 6.45) is 2.97. The van der Waals surface area contributed by atoms with Crippen molar-refractivity contribution in [2.45, 2.75) is 5.67 Å². The molecule has 0 amide bonds. The van der Waals surface area contributed by atoms with E-state index in [0.29, 0.717) is 32.7 Å². The highest BCUT2D eigenvalue weighted by atomic mass is 35.5. The fraction of sp³-hybridized carbons (Fsp3) is 0.115. The molecule has 2 aromatic carbocycles. The topological polar surface area (TPSA) is 52.7 Å². The summed E-state index contributed by atoms with van der Waals surface area (Å²) in [6.45, 7) is 0. The van der Waals surface area contributed by atoms with E-state index >= 15 is 4.39 Å². The number of halogens is 3. The first-order valence-corrected chi connectivity index (χ1v) is 10.9. The molecule has 0 spiro atoms. The van der Waals surface area contributed by atoms with Crippen molar-refractivity contribution in [3.63, 3.8) is 0 Å². The van der Waals surface area contributed by atoms with Gasteiger partial charge in [0.1, 0.15) is 5.82 Å². The Kier molecular flexibility index (Phi) is 5.29. The third-order valence-electron chi connectivity index (χ3n) is 5.99. The standard InChI is InChI=1S/C26H19ClF2N4O/c1-32-15-30-14-23(32)26(29,17-6-8-18(27)9-7-17)22-11-10-21-25(31-22)20(13-24(34)33(21)2)16-4-3-5-19(28)12-16/h3-15H,1-2H3. The molecule has 8 heteroatoms. The summed E-state index contributed by atoms with van der Waals surface area (Å²) >= 11 is 6.06. The number of nitrogens with zero attached hydrogens (tertiary/aromatic N) is 4. The molecule has 34 heavy (non-hydrogen) atoms. The molecule has 5 nitrogen and oxygen atoms in total. The Labute approximate surface area is 198 Å². The van der Waals surface area contributed by atoms with Crippen LogP contribution in [-0.4, -0.2) is 19.1 Å². The molecule has 170 valence electrons. The number of fused-ring (bicyclic) bond motifs is 1. The summed E-state index contributed by atoms with van der Waals surface area (Å²) in [6, 6.07) is 16.9. The quantitative estimate of drug-likeness (QED) is 0.349. The van der Waals surface area contributed by atoms with E-state index in [2.05, 4.69) is 4.98 Å². The Bertz CT molecular complexity index is 1590. The van der Waals surface area contributed by atoms with Gasteiger partial charge in [0.2, 0.25) is 5.67 Å². The van der Waals surface area contributed by atoms with Gasteiger partial charge in [0, 0.05) is 36.3 Å². The van der Waals surface area contributed by atoms with Crippen LogP contribution in [-0.2, 0) is 19.8 Å². The van der Waals surface area contributed by atoms with Crippen LogP contribution in [0.3, 0.4) is 0 Å². The van der Waals surface area contributed by atoms with Crippen LogP contribution in [0.4, 0.5) is 8.78 Å². The second-order valence-corrected chi connectivity index (χ2v) is 8.52. The molecule has 0 saturated heterocycles. The molecule has 0 bridgehead atoms. The minimum atomic E-state index is -2.17. The summed E-state index contributed by atoms with van der Waals surface area (Å²) in [5.74, 6) is -0.446. The molecular weight excluding hydrogens is 458 g/mol. The zero-order valence-corrected chi connectivity index (χ0v) is 19.1. The molecule has 5 aromatic rings. The molecule has 3 heterocycles. The van der Waals surface area contributed by atoms with Crippen LogP contribution in [0.15, 0.2) is 84.0 Å². The van der Waals surface area contributed by atoms with Crippen molar-refractivity contribution in [2.75, 3.05) is 0 Å². The Morgan fingerprint density at radius 2 is 1.76 bits per heavy atom. The maximum absolute atomic E-state index is 17.2. The van der Waals surface area contributed by atoms with Gasteiger partial charge in [0.25, 0.3) is 5.56 Å². The number of hydrogen-bond donors (Lipinski definition) is 0. The maximum Gasteiger partial charge on any atom is 0.251 e. The summed E-state index contributed by atoms with van der Waals surface area (Å²) in [5.41, 5.74) is 0.0227. The van der Waals surface area contributed by atoms with Crippen molar-refractivity contribution in [1.29, 1.82) is 0 Å². The molecule has 0 saturated carbocycles. The van der Waals surface area contributed by atoms with Crippen molar-refractivity contribution in [2.24, 2.45) is 14.1 Å². The third-order valence-corrected chi connectivity index (χ3v) is 6.24. The number of aryl methyl sites for hydroxylation is 2. The number of aromatic nitrogens is 4. The van der Waals surface area contributed by atoms with E-state index in [9.17, 15) is 9.18 Å². The van der Waals surface area contributed by atoms with Crippen LogP contribution in [0.2, 0.25) is 5.02 Å². The van der Waals surface area contributed by atoms with E-state index in [-0.39, 0.29) is 16.9 Å². The SMILES string of the molecule is Cn1cncc1C(F)(c1ccc(Cl)cc1)c1ccc2c(n1)c(-c1cccc(F)c1)cc(=O)n2C. The Morgan fingerprint density at radius 1 is 1.00 bits per heavy atom.